The number of hydrogen-bond acceptors (Lipinski definition) is 3. The zero-order chi connectivity index (χ0) is 11.7. The number of nitrogens with zero attached hydrogens (tertiary/aromatic N) is 2. The molecule has 0 bridgehead atoms. The van der Waals surface area contributed by atoms with E-state index in [1.54, 1.807) is 24.3 Å². The van der Waals surface area contributed by atoms with Crippen LogP contribution in [0.4, 0.5) is 5.82 Å². The smallest absolute Gasteiger partial charge is 0.229 e. The van der Waals surface area contributed by atoms with E-state index in [2.05, 4.69) is 36.8 Å². The van der Waals surface area contributed by atoms with Gasteiger partial charge < -0.3 is 4.74 Å². The van der Waals surface area contributed by atoms with Crippen LogP contribution in [0.15, 0.2) is 16.7 Å². The maximum Gasteiger partial charge on any atom is 0.229 e. The number of ether oxygens (including phenoxy) is 1. The molecule has 1 saturated heterocycles. The van der Waals surface area contributed by atoms with Gasteiger partial charge in [0.2, 0.25) is 5.91 Å². The van der Waals surface area contributed by atoms with Gasteiger partial charge in [0, 0.05) is 28.5 Å². The summed E-state index contributed by atoms with van der Waals surface area (Å²) in [7, 11) is 1.57. The van der Waals surface area contributed by atoms with Gasteiger partial charge in [0.05, 0.1) is 7.11 Å². The van der Waals surface area contributed by atoms with Crippen LogP contribution in [0.2, 0.25) is 0 Å². The lowest BCUT2D eigenvalue weighted by Crippen LogP contribution is -2.26. The van der Waals surface area contributed by atoms with Crippen LogP contribution in [0.25, 0.3) is 0 Å². The summed E-state index contributed by atoms with van der Waals surface area (Å²) < 4.78 is 6.05. The second kappa shape index (κ2) is 4.71. The van der Waals surface area contributed by atoms with E-state index in [1.165, 1.54) is 0 Å². The molecular formula is C10H10Br2N2O2. The molecule has 6 heteroatoms. The molecule has 0 aromatic carbocycles. The Bertz CT molecular complexity index is 425. The molecule has 2 rings (SSSR count). The van der Waals surface area contributed by atoms with Crippen LogP contribution >= 0.6 is 31.9 Å². The Morgan fingerprint density at radius 2 is 2.38 bits per heavy atom. The number of pyridine rings is 1. The lowest BCUT2D eigenvalue weighted by atomic mass is 10.4. The van der Waals surface area contributed by atoms with Crippen molar-refractivity contribution in [3.8, 4) is 5.75 Å². The highest BCUT2D eigenvalue weighted by Gasteiger charge is 2.31. The number of carbonyl (C=O) groups is 1. The molecule has 0 spiro atoms. The topological polar surface area (TPSA) is 42.4 Å². The van der Waals surface area contributed by atoms with Crippen molar-refractivity contribution >= 4 is 43.6 Å². The van der Waals surface area contributed by atoms with Crippen molar-refractivity contribution in [3.63, 3.8) is 0 Å². The maximum absolute atomic E-state index is 11.7. The van der Waals surface area contributed by atoms with Gasteiger partial charge in [-0.2, -0.15) is 0 Å². The van der Waals surface area contributed by atoms with Gasteiger partial charge in [-0.3, -0.25) is 9.69 Å². The van der Waals surface area contributed by atoms with Gasteiger partial charge >= 0.3 is 0 Å². The predicted octanol–water partition coefficient (Wildman–Crippen LogP) is 2.35. The molecular weight excluding hydrogens is 340 g/mol. The van der Waals surface area contributed by atoms with E-state index in [-0.39, 0.29) is 10.7 Å². The van der Waals surface area contributed by atoms with Crippen molar-refractivity contribution in [2.24, 2.45) is 0 Å². The van der Waals surface area contributed by atoms with Crippen molar-refractivity contribution in [2.45, 2.75) is 11.2 Å². The second-order valence-corrected chi connectivity index (χ2v) is 5.70. The minimum Gasteiger partial charge on any atom is -0.493 e. The largest absolute Gasteiger partial charge is 0.493 e. The summed E-state index contributed by atoms with van der Waals surface area (Å²) >= 11 is 6.75. The second-order valence-electron chi connectivity index (χ2n) is 3.49. The molecule has 0 N–H and O–H groups in total. The Kier molecular flexibility index (Phi) is 3.49. The molecule has 1 aromatic heterocycles. The molecule has 1 aliphatic heterocycles. The first-order valence-electron chi connectivity index (χ1n) is 4.76. The average molecular weight is 350 g/mol. The number of carbonyl (C=O) groups excluding carboxylic acids is 1. The number of rotatable bonds is 2. The van der Waals surface area contributed by atoms with Gasteiger partial charge in [0.1, 0.15) is 0 Å². The van der Waals surface area contributed by atoms with Crippen LogP contribution in [-0.4, -0.2) is 29.4 Å². The van der Waals surface area contributed by atoms with E-state index in [9.17, 15) is 4.79 Å². The van der Waals surface area contributed by atoms with Crippen molar-refractivity contribution in [2.75, 3.05) is 18.6 Å². The van der Waals surface area contributed by atoms with Crippen LogP contribution in [0.3, 0.4) is 0 Å². The minimum atomic E-state index is 0.0648. The number of alkyl halides is 1. The third-order valence-electron chi connectivity index (χ3n) is 2.35. The number of aromatic nitrogens is 1. The van der Waals surface area contributed by atoms with Crippen LogP contribution in [0.1, 0.15) is 6.42 Å². The predicted molar refractivity (Wildman–Crippen MR) is 68.2 cm³/mol. The lowest BCUT2D eigenvalue weighted by Gasteiger charge is -2.17. The van der Waals surface area contributed by atoms with Gasteiger partial charge in [-0.15, -0.1) is 0 Å². The van der Waals surface area contributed by atoms with E-state index >= 15 is 0 Å². The first-order chi connectivity index (χ1) is 7.61. The lowest BCUT2D eigenvalue weighted by molar-refractivity contribution is -0.117. The molecule has 86 valence electrons. The Labute approximate surface area is 110 Å². The van der Waals surface area contributed by atoms with Crippen molar-refractivity contribution in [3.05, 3.63) is 16.7 Å². The molecule has 1 aromatic rings. The quantitative estimate of drug-likeness (QED) is 0.770. The van der Waals surface area contributed by atoms with E-state index in [0.717, 1.165) is 4.47 Å². The molecule has 1 atom stereocenters. The van der Waals surface area contributed by atoms with Gasteiger partial charge in [-0.05, 0) is 22.0 Å². The summed E-state index contributed by atoms with van der Waals surface area (Å²) in [6.45, 7) is 0.629. The van der Waals surface area contributed by atoms with Crippen molar-refractivity contribution in [1.82, 2.24) is 4.98 Å². The monoisotopic (exact) mass is 348 g/mol. The molecule has 4 nitrogen and oxygen atoms in total. The number of amides is 1. The summed E-state index contributed by atoms with van der Waals surface area (Å²) in [4.78, 5) is 17.8. The van der Waals surface area contributed by atoms with Gasteiger partial charge in [-0.1, -0.05) is 15.9 Å². The van der Waals surface area contributed by atoms with E-state index in [4.69, 9.17) is 4.74 Å². The zero-order valence-electron chi connectivity index (χ0n) is 8.61. The third kappa shape index (κ3) is 2.22. The number of halogens is 2. The fraction of sp³-hybridized carbons (Fsp3) is 0.400. The average Bonchev–Trinajstić information content (AvgIpc) is 2.57. The van der Waals surface area contributed by atoms with Gasteiger partial charge in [0.25, 0.3) is 0 Å². The van der Waals surface area contributed by atoms with Crippen molar-refractivity contribution in [1.29, 1.82) is 0 Å². The first kappa shape index (κ1) is 11.9. The summed E-state index contributed by atoms with van der Waals surface area (Å²) in [5.74, 6) is 1.25. The fourth-order valence-corrected chi connectivity index (χ4v) is 2.51. The summed E-state index contributed by atoms with van der Waals surface area (Å²) in [5.41, 5.74) is 0. The molecule has 0 radical (unpaired) electrons. The van der Waals surface area contributed by atoms with Crippen LogP contribution in [-0.2, 0) is 4.79 Å². The molecule has 1 amide bonds. The number of anilines is 1. The maximum atomic E-state index is 11.7. The highest BCUT2D eigenvalue weighted by Crippen LogP contribution is 2.32. The van der Waals surface area contributed by atoms with E-state index < -0.39 is 0 Å². The fourth-order valence-electron chi connectivity index (χ4n) is 1.64. The van der Waals surface area contributed by atoms with Gasteiger partial charge in [-0.25, -0.2) is 4.98 Å². The molecule has 2 heterocycles. The number of hydrogen-bond donors (Lipinski definition) is 0. The van der Waals surface area contributed by atoms with E-state index in [0.29, 0.717) is 24.5 Å². The van der Waals surface area contributed by atoms with Gasteiger partial charge in [0.15, 0.2) is 11.6 Å². The SMILES string of the molecule is COc1cc(Br)cnc1N1CC(Br)CC1=O. The Morgan fingerprint density at radius 1 is 1.62 bits per heavy atom. The Hall–Kier alpha value is -0.620. The molecule has 1 unspecified atom stereocenters. The normalized spacial score (nSPS) is 20.3. The molecule has 0 aliphatic carbocycles. The van der Waals surface area contributed by atoms with Crippen molar-refractivity contribution < 1.29 is 9.53 Å². The molecule has 1 aliphatic rings. The van der Waals surface area contributed by atoms with Crippen LogP contribution in [0, 0.1) is 0 Å². The molecule has 0 saturated carbocycles. The summed E-state index contributed by atoms with van der Waals surface area (Å²) in [6.07, 6.45) is 2.16. The summed E-state index contributed by atoms with van der Waals surface area (Å²) in [5, 5.41) is 0. The zero-order valence-corrected chi connectivity index (χ0v) is 11.8. The van der Waals surface area contributed by atoms with Crippen LogP contribution in [0.5, 0.6) is 5.75 Å². The van der Waals surface area contributed by atoms with E-state index in [1.807, 2.05) is 0 Å². The molecule has 1 fully saturated rings. The highest BCUT2D eigenvalue weighted by atomic mass is 79.9. The Morgan fingerprint density at radius 3 is 2.94 bits per heavy atom. The Balaban J connectivity index is 2.36. The summed E-state index contributed by atoms with van der Waals surface area (Å²) in [6, 6.07) is 1.80. The first-order valence-corrected chi connectivity index (χ1v) is 6.46. The third-order valence-corrected chi connectivity index (χ3v) is 3.40. The standard InChI is InChI=1S/C10H10Br2N2O2/c1-16-8-2-6(11)4-13-10(8)14-5-7(12)3-9(14)15/h2,4,7H,3,5H2,1H3. The van der Waals surface area contributed by atoms with Crippen LogP contribution < -0.4 is 9.64 Å². The highest BCUT2D eigenvalue weighted by molar-refractivity contribution is 9.10. The molecule has 16 heavy (non-hydrogen) atoms. The minimum absolute atomic E-state index is 0.0648. The number of methoxy groups -OCH3 is 1.